The lowest BCUT2D eigenvalue weighted by Gasteiger charge is -2.34. The fraction of sp³-hybridized carbons (Fsp3) is 0.364. The molecule has 1 aliphatic rings. The number of amides is 1. The summed E-state index contributed by atoms with van der Waals surface area (Å²) in [6.45, 7) is 0.444. The maximum Gasteiger partial charge on any atom is 0.310 e. The van der Waals surface area contributed by atoms with E-state index in [-0.39, 0.29) is 12.3 Å². The van der Waals surface area contributed by atoms with Crippen LogP contribution in [-0.4, -0.2) is 17.0 Å². The zero-order valence-corrected chi connectivity index (χ0v) is 14.9. The van der Waals surface area contributed by atoms with Gasteiger partial charge in [-0.3, -0.25) is 9.59 Å². The van der Waals surface area contributed by atoms with Gasteiger partial charge in [0.25, 0.3) is 0 Å². The first kappa shape index (κ1) is 18.2. The third-order valence-corrected chi connectivity index (χ3v) is 5.31. The van der Waals surface area contributed by atoms with E-state index in [1.165, 1.54) is 0 Å². The number of nitrogens with zero attached hydrogens (tertiary/aromatic N) is 1. The molecule has 1 fully saturated rings. The van der Waals surface area contributed by atoms with Crippen molar-refractivity contribution < 1.29 is 14.7 Å². The van der Waals surface area contributed by atoms with Gasteiger partial charge in [0, 0.05) is 12.1 Å². The van der Waals surface area contributed by atoms with Crippen molar-refractivity contribution in [1.82, 2.24) is 0 Å². The lowest BCUT2D eigenvalue weighted by Crippen LogP contribution is -2.41. The molecule has 26 heavy (non-hydrogen) atoms. The normalized spacial score (nSPS) is 16.0. The number of rotatable bonds is 6. The van der Waals surface area contributed by atoms with Crippen molar-refractivity contribution in [1.29, 1.82) is 0 Å². The van der Waals surface area contributed by atoms with Gasteiger partial charge in [0.15, 0.2) is 0 Å². The summed E-state index contributed by atoms with van der Waals surface area (Å²) in [5, 5.41) is 9.81. The Morgan fingerprint density at radius 2 is 1.46 bits per heavy atom. The van der Waals surface area contributed by atoms with Gasteiger partial charge in [-0.2, -0.15) is 0 Å². The summed E-state index contributed by atoms with van der Waals surface area (Å²) in [4.78, 5) is 26.9. The molecule has 1 N–H and O–H groups in total. The lowest BCUT2D eigenvalue weighted by atomic mass is 9.71. The third kappa shape index (κ3) is 4.13. The topological polar surface area (TPSA) is 57.6 Å². The van der Waals surface area contributed by atoms with Gasteiger partial charge in [0.05, 0.1) is 12.0 Å². The molecule has 1 aliphatic carbocycles. The summed E-state index contributed by atoms with van der Waals surface area (Å²) in [5.41, 5.74) is 0.911. The number of carbonyl (C=O) groups excluding carboxylic acids is 1. The van der Waals surface area contributed by atoms with Gasteiger partial charge in [-0.15, -0.1) is 0 Å². The van der Waals surface area contributed by atoms with E-state index >= 15 is 0 Å². The Kier molecular flexibility index (Phi) is 5.71. The summed E-state index contributed by atoms with van der Waals surface area (Å²) >= 11 is 0. The zero-order chi connectivity index (χ0) is 18.4. The number of carboxylic acid groups (broad SMARTS) is 1. The minimum absolute atomic E-state index is 0.0596. The van der Waals surface area contributed by atoms with Crippen molar-refractivity contribution in [3.05, 3.63) is 66.2 Å². The molecule has 0 bridgehead atoms. The Hall–Kier alpha value is -2.62. The van der Waals surface area contributed by atoms with Crippen LogP contribution in [0.25, 0.3) is 0 Å². The first-order chi connectivity index (χ1) is 12.6. The molecule has 0 unspecified atom stereocenters. The highest BCUT2D eigenvalue weighted by atomic mass is 16.4. The Balaban J connectivity index is 1.86. The van der Waals surface area contributed by atoms with Gasteiger partial charge in [-0.05, 0) is 30.5 Å². The first-order valence-electron chi connectivity index (χ1n) is 9.23. The van der Waals surface area contributed by atoms with E-state index in [9.17, 15) is 14.7 Å². The maximum absolute atomic E-state index is 13.2. The molecular formula is C22H25NO3. The zero-order valence-electron chi connectivity index (χ0n) is 14.9. The molecule has 0 aromatic heterocycles. The van der Waals surface area contributed by atoms with Gasteiger partial charge in [0.1, 0.15) is 0 Å². The van der Waals surface area contributed by atoms with Crippen LogP contribution in [0.3, 0.4) is 0 Å². The van der Waals surface area contributed by atoms with Gasteiger partial charge in [-0.1, -0.05) is 67.8 Å². The Morgan fingerprint density at radius 3 is 2.04 bits per heavy atom. The van der Waals surface area contributed by atoms with E-state index in [4.69, 9.17) is 0 Å². The molecule has 2 aromatic rings. The Labute approximate surface area is 154 Å². The van der Waals surface area contributed by atoms with Gasteiger partial charge in [-0.25, -0.2) is 0 Å². The molecule has 0 spiro atoms. The average Bonchev–Trinajstić information content (AvgIpc) is 2.68. The van der Waals surface area contributed by atoms with Crippen LogP contribution in [0.1, 0.15) is 44.1 Å². The largest absolute Gasteiger partial charge is 0.481 e. The first-order valence-corrected chi connectivity index (χ1v) is 9.23. The quantitative estimate of drug-likeness (QED) is 0.824. The third-order valence-electron chi connectivity index (χ3n) is 5.31. The van der Waals surface area contributed by atoms with Crippen LogP contribution in [0, 0.1) is 5.41 Å². The minimum Gasteiger partial charge on any atom is -0.481 e. The van der Waals surface area contributed by atoms with Crippen LogP contribution in [-0.2, 0) is 16.1 Å². The molecule has 0 radical (unpaired) electrons. The van der Waals surface area contributed by atoms with Gasteiger partial charge >= 0.3 is 5.97 Å². The number of benzene rings is 2. The van der Waals surface area contributed by atoms with Crippen LogP contribution in [0.2, 0.25) is 0 Å². The predicted octanol–water partition coefficient (Wildman–Crippen LogP) is 4.65. The van der Waals surface area contributed by atoms with E-state index in [1.807, 2.05) is 60.7 Å². The summed E-state index contributed by atoms with van der Waals surface area (Å²) in [7, 11) is 0. The number of carboxylic acids is 1. The monoisotopic (exact) mass is 351 g/mol. The molecule has 1 amide bonds. The second-order valence-electron chi connectivity index (χ2n) is 7.12. The highest BCUT2D eigenvalue weighted by Gasteiger charge is 2.42. The average molecular weight is 351 g/mol. The lowest BCUT2D eigenvalue weighted by molar-refractivity contribution is -0.153. The smallest absolute Gasteiger partial charge is 0.310 e. The SMILES string of the molecule is O=C(CC1(C(=O)O)CCCCC1)N(Cc1ccccc1)c1ccccc1. The van der Waals surface area contributed by atoms with Crippen molar-refractivity contribution in [2.75, 3.05) is 4.90 Å². The molecular weight excluding hydrogens is 326 g/mol. The minimum atomic E-state index is -0.918. The number of carbonyl (C=O) groups is 2. The van der Waals surface area contributed by atoms with Crippen molar-refractivity contribution in [3.63, 3.8) is 0 Å². The fourth-order valence-corrected chi connectivity index (χ4v) is 3.78. The Bertz CT molecular complexity index is 736. The number of hydrogen-bond donors (Lipinski definition) is 1. The van der Waals surface area contributed by atoms with E-state index in [1.54, 1.807) is 4.90 Å². The maximum atomic E-state index is 13.2. The van der Waals surface area contributed by atoms with Crippen LogP contribution in [0.15, 0.2) is 60.7 Å². The molecule has 0 saturated heterocycles. The fourth-order valence-electron chi connectivity index (χ4n) is 3.78. The van der Waals surface area contributed by atoms with Crippen molar-refractivity contribution in [2.45, 2.75) is 45.1 Å². The van der Waals surface area contributed by atoms with E-state index in [2.05, 4.69) is 0 Å². The van der Waals surface area contributed by atoms with E-state index in [0.29, 0.717) is 19.4 Å². The van der Waals surface area contributed by atoms with E-state index < -0.39 is 11.4 Å². The predicted molar refractivity (Wildman–Crippen MR) is 102 cm³/mol. The number of hydrogen-bond acceptors (Lipinski definition) is 2. The molecule has 0 heterocycles. The standard InChI is InChI=1S/C22H25NO3/c24-20(16-22(21(25)26)14-8-3-9-15-22)23(19-12-6-2-7-13-19)17-18-10-4-1-5-11-18/h1-2,4-7,10-13H,3,8-9,14-17H2,(H,25,26). The molecule has 3 rings (SSSR count). The van der Waals surface area contributed by atoms with Crippen LogP contribution >= 0.6 is 0 Å². The highest BCUT2D eigenvalue weighted by molar-refractivity contribution is 5.96. The number of aliphatic carboxylic acids is 1. The van der Waals surface area contributed by atoms with Crippen LogP contribution in [0.5, 0.6) is 0 Å². The molecule has 136 valence electrons. The Morgan fingerprint density at radius 1 is 0.885 bits per heavy atom. The van der Waals surface area contributed by atoms with Crippen molar-refractivity contribution in [3.8, 4) is 0 Å². The summed E-state index contributed by atoms with van der Waals surface area (Å²) in [6, 6.07) is 19.3. The molecule has 1 saturated carbocycles. The highest BCUT2D eigenvalue weighted by Crippen LogP contribution is 2.40. The summed E-state index contributed by atoms with van der Waals surface area (Å²) in [6.07, 6.45) is 4.04. The van der Waals surface area contributed by atoms with Gasteiger partial charge < -0.3 is 10.0 Å². The van der Waals surface area contributed by atoms with Crippen molar-refractivity contribution >= 4 is 17.6 Å². The number of para-hydroxylation sites is 1. The van der Waals surface area contributed by atoms with Crippen LogP contribution in [0.4, 0.5) is 5.69 Å². The number of anilines is 1. The van der Waals surface area contributed by atoms with E-state index in [0.717, 1.165) is 30.5 Å². The second kappa shape index (κ2) is 8.17. The summed E-state index contributed by atoms with van der Waals surface area (Å²) in [5.74, 6) is -0.956. The van der Waals surface area contributed by atoms with Crippen LogP contribution < -0.4 is 4.90 Å². The molecule has 0 atom stereocenters. The molecule has 4 heteroatoms. The summed E-state index contributed by atoms with van der Waals surface area (Å²) < 4.78 is 0. The molecule has 4 nitrogen and oxygen atoms in total. The van der Waals surface area contributed by atoms with Crippen molar-refractivity contribution in [2.24, 2.45) is 5.41 Å². The van der Waals surface area contributed by atoms with Gasteiger partial charge in [0.2, 0.25) is 5.91 Å². The molecule has 2 aromatic carbocycles. The second-order valence-corrected chi connectivity index (χ2v) is 7.12. The molecule has 0 aliphatic heterocycles.